The highest BCUT2D eigenvalue weighted by Crippen LogP contribution is 2.14. The van der Waals surface area contributed by atoms with Crippen molar-refractivity contribution < 1.29 is 14.9 Å². The number of aliphatic hydroxyl groups excluding tert-OH is 2. The van der Waals surface area contributed by atoms with Crippen LogP contribution in [0.5, 0.6) is 5.75 Å². The van der Waals surface area contributed by atoms with Crippen LogP contribution in [0.1, 0.15) is 16.7 Å². The van der Waals surface area contributed by atoms with Gasteiger partial charge in [-0.1, -0.05) is 36.1 Å². The predicted octanol–water partition coefficient (Wildman–Crippen LogP) is 2.10. The van der Waals surface area contributed by atoms with Crippen molar-refractivity contribution in [1.82, 2.24) is 0 Å². The normalized spacial score (nSPS) is 9.70. The van der Waals surface area contributed by atoms with Gasteiger partial charge in [0.2, 0.25) is 0 Å². The van der Waals surface area contributed by atoms with Crippen LogP contribution in [-0.2, 0) is 13.2 Å². The second-order valence-corrected chi connectivity index (χ2v) is 4.25. The lowest BCUT2D eigenvalue weighted by Gasteiger charge is -2.07. The smallest absolute Gasteiger partial charge is 0.119 e. The summed E-state index contributed by atoms with van der Waals surface area (Å²) in [6.45, 7) is 0.386. The van der Waals surface area contributed by atoms with E-state index < -0.39 is 0 Å². The monoisotopic (exact) mass is 268 g/mol. The summed E-state index contributed by atoms with van der Waals surface area (Å²) in [5.41, 5.74) is 2.78. The molecule has 0 atom stereocenters. The molecule has 0 aliphatic rings. The summed E-state index contributed by atoms with van der Waals surface area (Å²) in [6, 6.07) is 15.0. The number of ether oxygens (including phenoxy) is 1. The molecule has 0 saturated carbocycles. The van der Waals surface area contributed by atoms with Crippen molar-refractivity contribution in [3.05, 3.63) is 65.2 Å². The zero-order valence-corrected chi connectivity index (χ0v) is 11.0. The predicted molar refractivity (Wildman–Crippen MR) is 77.1 cm³/mol. The molecule has 3 heteroatoms. The maximum Gasteiger partial charge on any atom is 0.119 e. The largest absolute Gasteiger partial charge is 0.489 e. The van der Waals surface area contributed by atoms with Gasteiger partial charge in [0, 0.05) is 5.56 Å². The zero-order valence-electron chi connectivity index (χ0n) is 11.0. The first-order chi connectivity index (χ1) is 9.81. The lowest BCUT2D eigenvalue weighted by Crippen LogP contribution is -1.95. The van der Waals surface area contributed by atoms with E-state index in [0.717, 1.165) is 22.4 Å². The lowest BCUT2D eigenvalue weighted by molar-refractivity contribution is 0.280. The molecule has 0 aliphatic carbocycles. The second-order valence-electron chi connectivity index (χ2n) is 4.25. The van der Waals surface area contributed by atoms with Crippen LogP contribution in [0, 0.1) is 11.8 Å². The van der Waals surface area contributed by atoms with Crippen molar-refractivity contribution >= 4 is 0 Å². The van der Waals surface area contributed by atoms with E-state index in [0.29, 0.717) is 6.61 Å². The maximum absolute atomic E-state index is 8.96. The van der Waals surface area contributed by atoms with Gasteiger partial charge in [-0.15, -0.1) is 0 Å². The fourth-order valence-electron chi connectivity index (χ4n) is 1.68. The van der Waals surface area contributed by atoms with Crippen molar-refractivity contribution in [2.24, 2.45) is 0 Å². The van der Waals surface area contributed by atoms with Crippen LogP contribution in [0.3, 0.4) is 0 Å². The van der Waals surface area contributed by atoms with Crippen LogP contribution < -0.4 is 4.74 Å². The standard InChI is InChI=1S/C17H16O3/c18-11-1-2-14-3-5-16(6-4-14)13-20-17-9-7-15(12-19)8-10-17/h3-10,18-19H,11-13H2. The third-order valence-corrected chi connectivity index (χ3v) is 2.78. The number of hydrogen-bond donors (Lipinski definition) is 2. The number of hydrogen-bond acceptors (Lipinski definition) is 3. The van der Waals surface area contributed by atoms with Crippen molar-refractivity contribution in [1.29, 1.82) is 0 Å². The van der Waals surface area contributed by atoms with Crippen LogP contribution in [0.25, 0.3) is 0 Å². The first kappa shape index (κ1) is 14.1. The van der Waals surface area contributed by atoms with Gasteiger partial charge in [0.15, 0.2) is 0 Å². The summed E-state index contributed by atoms with van der Waals surface area (Å²) in [7, 11) is 0. The lowest BCUT2D eigenvalue weighted by atomic mass is 10.1. The minimum atomic E-state index is -0.130. The fourth-order valence-corrected chi connectivity index (χ4v) is 1.68. The van der Waals surface area contributed by atoms with Gasteiger partial charge < -0.3 is 14.9 Å². The highest BCUT2D eigenvalue weighted by molar-refractivity contribution is 5.36. The molecule has 0 heterocycles. The quantitative estimate of drug-likeness (QED) is 0.835. The maximum atomic E-state index is 8.96. The molecule has 0 spiro atoms. The Hall–Kier alpha value is -2.28. The molecule has 0 aliphatic heterocycles. The summed E-state index contributed by atoms with van der Waals surface area (Å²) in [5, 5.41) is 17.6. The summed E-state index contributed by atoms with van der Waals surface area (Å²) in [5.74, 6) is 6.22. The third kappa shape index (κ3) is 4.13. The average Bonchev–Trinajstić information content (AvgIpc) is 2.52. The molecule has 0 fully saturated rings. The van der Waals surface area contributed by atoms with E-state index in [2.05, 4.69) is 11.8 Å². The van der Waals surface area contributed by atoms with E-state index in [9.17, 15) is 0 Å². The van der Waals surface area contributed by atoms with Crippen LogP contribution in [0.4, 0.5) is 0 Å². The van der Waals surface area contributed by atoms with Gasteiger partial charge in [0.1, 0.15) is 19.0 Å². The molecule has 102 valence electrons. The Morgan fingerprint density at radius 1 is 0.850 bits per heavy atom. The van der Waals surface area contributed by atoms with E-state index in [1.54, 1.807) is 0 Å². The molecule has 0 amide bonds. The molecule has 0 radical (unpaired) electrons. The molecule has 0 bridgehead atoms. The van der Waals surface area contributed by atoms with Crippen LogP contribution in [-0.4, -0.2) is 16.8 Å². The van der Waals surface area contributed by atoms with Crippen molar-refractivity contribution in [3.63, 3.8) is 0 Å². The first-order valence-electron chi connectivity index (χ1n) is 6.33. The Morgan fingerprint density at radius 2 is 1.50 bits per heavy atom. The van der Waals surface area contributed by atoms with Crippen LogP contribution in [0.15, 0.2) is 48.5 Å². The summed E-state index contributed by atoms with van der Waals surface area (Å²) in [6.07, 6.45) is 0. The Balaban J connectivity index is 1.93. The van der Waals surface area contributed by atoms with Crippen molar-refractivity contribution in [3.8, 4) is 17.6 Å². The topological polar surface area (TPSA) is 49.7 Å². The minimum Gasteiger partial charge on any atom is -0.489 e. The molecule has 0 aromatic heterocycles. The van der Waals surface area contributed by atoms with E-state index in [1.165, 1.54) is 0 Å². The Kier molecular flexibility index (Phi) is 5.19. The van der Waals surface area contributed by atoms with Gasteiger partial charge >= 0.3 is 0 Å². The summed E-state index contributed by atoms with van der Waals surface area (Å²) >= 11 is 0. The van der Waals surface area contributed by atoms with E-state index in [4.69, 9.17) is 14.9 Å². The zero-order chi connectivity index (χ0) is 14.2. The molecule has 0 unspecified atom stereocenters. The number of rotatable bonds is 4. The fraction of sp³-hybridized carbons (Fsp3) is 0.176. The highest BCUT2D eigenvalue weighted by atomic mass is 16.5. The Bertz CT molecular complexity index is 589. The molecule has 20 heavy (non-hydrogen) atoms. The molecule has 0 saturated heterocycles. The molecular weight excluding hydrogens is 252 g/mol. The van der Waals surface area contributed by atoms with Crippen LogP contribution in [0.2, 0.25) is 0 Å². The summed E-state index contributed by atoms with van der Waals surface area (Å²) < 4.78 is 5.65. The molecule has 2 N–H and O–H groups in total. The minimum absolute atomic E-state index is 0.0383. The van der Waals surface area contributed by atoms with Gasteiger partial charge in [-0.3, -0.25) is 0 Å². The van der Waals surface area contributed by atoms with Gasteiger partial charge in [0.25, 0.3) is 0 Å². The highest BCUT2D eigenvalue weighted by Gasteiger charge is 1.97. The number of aliphatic hydroxyl groups is 2. The van der Waals surface area contributed by atoms with Gasteiger partial charge in [0.05, 0.1) is 6.61 Å². The second kappa shape index (κ2) is 7.34. The molecular formula is C17H16O3. The van der Waals surface area contributed by atoms with Gasteiger partial charge in [-0.25, -0.2) is 0 Å². The molecule has 2 aromatic carbocycles. The molecule has 2 aromatic rings. The third-order valence-electron chi connectivity index (χ3n) is 2.78. The van der Waals surface area contributed by atoms with Gasteiger partial charge in [-0.2, -0.15) is 0 Å². The van der Waals surface area contributed by atoms with Crippen molar-refractivity contribution in [2.75, 3.05) is 6.61 Å². The van der Waals surface area contributed by atoms with E-state index in [-0.39, 0.29) is 13.2 Å². The van der Waals surface area contributed by atoms with Crippen molar-refractivity contribution in [2.45, 2.75) is 13.2 Å². The van der Waals surface area contributed by atoms with Gasteiger partial charge in [-0.05, 0) is 35.4 Å². The number of benzene rings is 2. The SMILES string of the molecule is OCC#Cc1ccc(COc2ccc(CO)cc2)cc1. The average molecular weight is 268 g/mol. The Morgan fingerprint density at radius 3 is 2.10 bits per heavy atom. The molecule has 3 nitrogen and oxygen atoms in total. The van der Waals surface area contributed by atoms with E-state index in [1.807, 2.05) is 48.5 Å². The van der Waals surface area contributed by atoms with Crippen LogP contribution >= 0.6 is 0 Å². The summed E-state index contributed by atoms with van der Waals surface area (Å²) in [4.78, 5) is 0. The molecule has 2 rings (SSSR count). The first-order valence-corrected chi connectivity index (χ1v) is 6.33. The Labute approximate surface area is 118 Å². The van der Waals surface area contributed by atoms with E-state index >= 15 is 0 Å².